The van der Waals surface area contributed by atoms with Crippen molar-refractivity contribution < 1.29 is 16.6 Å². The topological polar surface area (TPSA) is 0 Å². The summed E-state index contributed by atoms with van der Waals surface area (Å²) in [6.45, 7) is 14.4. The van der Waals surface area contributed by atoms with Crippen LogP contribution in [0.2, 0.25) is 17.9 Å². The molecule has 11 heavy (non-hydrogen) atoms. The van der Waals surface area contributed by atoms with Gasteiger partial charge in [0.25, 0.3) is 0 Å². The zero-order valence-corrected chi connectivity index (χ0v) is 11.1. The van der Waals surface area contributed by atoms with Crippen molar-refractivity contribution in [1.82, 2.24) is 0 Å². The quantitative estimate of drug-likeness (QED) is 0.489. The molecule has 1 heteroatoms. The molecule has 0 atom stereocenters. The molecule has 0 unspecified atom stereocenters. The van der Waals surface area contributed by atoms with Crippen molar-refractivity contribution in [3.05, 3.63) is 0 Å². The van der Waals surface area contributed by atoms with Crippen LogP contribution in [0.15, 0.2) is 0 Å². The minimum atomic E-state index is -1.62. The Bertz CT molecular complexity index is 116. The van der Waals surface area contributed by atoms with E-state index in [1.54, 1.807) is 0 Å². The van der Waals surface area contributed by atoms with Crippen LogP contribution in [0.1, 0.15) is 41.5 Å². The second-order valence-electron chi connectivity index (χ2n) is 6.12. The molecule has 0 radical (unpaired) electrons. The van der Waals surface area contributed by atoms with Gasteiger partial charge in [-0.2, -0.15) is 0 Å². The van der Waals surface area contributed by atoms with Gasteiger partial charge in [0.15, 0.2) is 0 Å². The normalized spacial score (nSPS) is 15.3. The molecule has 0 saturated heterocycles. The van der Waals surface area contributed by atoms with Gasteiger partial charge in [0.05, 0.1) is 0 Å². The van der Waals surface area contributed by atoms with E-state index >= 15 is 0 Å². The molecule has 0 nitrogen and oxygen atoms in total. The van der Waals surface area contributed by atoms with Gasteiger partial charge in [0.1, 0.15) is 0 Å². The number of hydrogen-bond donors (Lipinski definition) is 0. The molecule has 0 N–H and O–H groups in total. The van der Waals surface area contributed by atoms with Gasteiger partial charge < -0.3 is 0 Å². The Labute approximate surface area is 76.1 Å². The van der Waals surface area contributed by atoms with Crippen molar-refractivity contribution >= 4 is 0 Å². The molecular weight excluding hydrogens is 168 g/mol. The fraction of sp³-hybridized carbons (Fsp3) is 1.00. The molecule has 0 heterocycles. The van der Waals surface area contributed by atoms with E-state index in [-0.39, 0.29) is 0 Å². The van der Waals surface area contributed by atoms with Gasteiger partial charge in [-0.3, -0.25) is 0 Å². The van der Waals surface area contributed by atoms with Crippen LogP contribution < -0.4 is 0 Å². The van der Waals surface area contributed by atoms with Crippen molar-refractivity contribution in [2.75, 3.05) is 0 Å². The van der Waals surface area contributed by atoms with Crippen molar-refractivity contribution in [2.45, 2.75) is 59.4 Å². The molecule has 0 aliphatic rings. The van der Waals surface area contributed by atoms with E-state index in [1.165, 1.54) is 0 Å². The van der Waals surface area contributed by atoms with Crippen LogP contribution >= 0.6 is 0 Å². The first-order valence-electron chi connectivity index (χ1n) is 4.50. The van der Waals surface area contributed by atoms with Gasteiger partial charge in [0.2, 0.25) is 0 Å². The van der Waals surface area contributed by atoms with Crippen LogP contribution in [0.5, 0.6) is 0 Å². The Hall–Kier alpha value is 0.714. The SMILES string of the molecule is C[C](C)(C)[Ti]([CH3])([CH3])[C](C)(C)C. The Kier molecular flexibility index (Phi) is 3.07. The molecule has 0 spiro atoms. The van der Waals surface area contributed by atoms with Gasteiger partial charge in [-0.05, 0) is 0 Å². The zero-order valence-electron chi connectivity index (χ0n) is 9.50. The Morgan fingerprint density at radius 3 is 0.818 bits per heavy atom. The van der Waals surface area contributed by atoms with Crippen molar-refractivity contribution in [3.63, 3.8) is 0 Å². The first kappa shape index (κ1) is 11.7. The van der Waals surface area contributed by atoms with Gasteiger partial charge in [-0.15, -0.1) is 0 Å². The fourth-order valence-electron chi connectivity index (χ4n) is 1.12. The third kappa shape index (κ3) is 2.32. The molecule has 68 valence electrons. The van der Waals surface area contributed by atoms with E-state index < -0.39 is 16.6 Å². The maximum atomic E-state index is 2.54. The molecule has 0 amide bonds. The molecule has 0 fully saturated rings. The molecule has 0 aromatic rings. The maximum absolute atomic E-state index is 2.54. The Balaban J connectivity index is 4.75. The monoisotopic (exact) mass is 192 g/mol. The van der Waals surface area contributed by atoms with Gasteiger partial charge in [-0.1, -0.05) is 0 Å². The molecule has 0 rings (SSSR count). The van der Waals surface area contributed by atoms with E-state index in [2.05, 4.69) is 52.0 Å². The van der Waals surface area contributed by atoms with Gasteiger partial charge in [-0.25, -0.2) is 0 Å². The summed E-state index contributed by atoms with van der Waals surface area (Å²) in [5.74, 6) is 0. The van der Waals surface area contributed by atoms with Crippen molar-refractivity contribution in [3.8, 4) is 0 Å². The summed E-state index contributed by atoms with van der Waals surface area (Å²) in [7, 11) is 0. The molecule has 0 bridgehead atoms. The predicted molar refractivity (Wildman–Crippen MR) is 51.2 cm³/mol. The number of hydrogen-bond acceptors (Lipinski definition) is 0. The summed E-state index contributed by atoms with van der Waals surface area (Å²) in [5, 5.41) is 5.08. The first-order chi connectivity index (χ1) is 4.50. The molecular formula is C10H24Ti. The number of rotatable bonds is 0. The Morgan fingerprint density at radius 1 is 0.636 bits per heavy atom. The summed E-state index contributed by atoms with van der Waals surface area (Å²) in [6, 6.07) is 0. The van der Waals surface area contributed by atoms with E-state index in [0.29, 0.717) is 7.44 Å². The summed E-state index contributed by atoms with van der Waals surface area (Å²) >= 11 is -1.62. The summed E-state index contributed by atoms with van der Waals surface area (Å²) in [4.78, 5) is 0. The van der Waals surface area contributed by atoms with Crippen LogP contribution in [0.3, 0.4) is 0 Å². The molecule has 0 aliphatic carbocycles. The average molecular weight is 192 g/mol. The minimum absolute atomic E-state index is 0.568. The Morgan fingerprint density at radius 2 is 0.818 bits per heavy atom. The van der Waals surface area contributed by atoms with Crippen LogP contribution in [0.4, 0.5) is 0 Å². The third-order valence-corrected chi connectivity index (χ3v) is 15.5. The first-order valence-corrected chi connectivity index (χ1v) is 9.18. The average Bonchev–Trinajstić information content (AvgIpc) is 1.58. The van der Waals surface area contributed by atoms with Crippen molar-refractivity contribution in [1.29, 1.82) is 0 Å². The molecule has 0 saturated carbocycles. The second-order valence-corrected chi connectivity index (χ2v) is 15.9. The summed E-state index contributed by atoms with van der Waals surface area (Å²) in [5.41, 5.74) is 0. The molecule has 0 aromatic heterocycles. The van der Waals surface area contributed by atoms with Crippen LogP contribution in [0, 0.1) is 0 Å². The zero-order chi connectivity index (χ0) is 9.50. The van der Waals surface area contributed by atoms with E-state index in [4.69, 9.17) is 0 Å². The summed E-state index contributed by atoms with van der Waals surface area (Å²) < 4.78 is 1.14. The van der Waals surface area contributed by atoms with E-state index in [9.17, 15) is 0 Å². The third-order valence-electron chi connectivity index (χ3n) is 3.75. The molecule has 0 aromatic carbocycles. The second kappa shape index (κ2) is 2.89. The van der Waals surface area contributed by atoms with E-state index in [1.807, 2.05) is 0 Å². The predicted octanol–water partition coefficient (Wildman–Crippen LogP) is 4.67. The standard InChI is InChI=1S/2C4H9.2CH3.Ti/c2*1-4(2)3;;;/h2*1-3H3;2*1H3;. The van der Waals surface area contributed by atoms with Crippen molar-refractivity contribution in [2.24, 2.45) is 0 Å². The van der Waals surface area contributed by atoms with Crippen LogP contribution in [-0.2, 0) is 16.6 Å². The summed E-state index contributed by atoms with van der Waals surface area (Å²) in [6.07, 6.45) is 0. The van der Waals surface area contributed by atoms with Crippen LogP contribution in [0.25, 0.3) is 0 Å². The fourth-order valence-corrected chi connectivity index (χ4v) is 4.64. The van der Waals surface area contributed by atoms with Gasteiger partial charge in [0, 0.05) is 0 Å². The molecule has 0 aliphatic heterocycles. The van der Waals surface area contributed by atoms with Crippen LogP contribution in [-0.4, -0.2) is 0 Å². The van der Waals surface area contributed by atoms with Gasteiger partial charge >= 0.3 is 76.0 Å². The van der Waals surface area contributed by atoms with E-state index in [0.717, 1.165) is 0 Å².